The fraction of sp³-hybridized carbons (Fsp3) is 0.200. The molecule has 0 radical (unpaired) electrons. The van der Waals surface area contributed by atoms with Gasteiger partial charge in [-0.2, -0.15) is 0 Å². The largest absolute Gasteiger partial charge is 0.506 e. The molecule has 0 spiro atoms. The molecule has 36 heavy (non-hydrogen) atoms. The minimum atomic E-state index is -1.73. The first-order valence-electron chi connectivity index (χ1n) is 11.8. The molecule has 0 unspecified atom stereocenters. The Morgan fingerprint density at radius 1 is 0.583 bits per heavy atom. The molecule has 6 heteroatoms. The number of phenolic OH excluding ortho intramolecular Hbond substituents is 2. The van der Waals surface area contributed by atoms with Gasteiger partial charge in [0.15, 0.2) is 0 Å². The van der Waals surface area contributed by atoms with Gasteiger partial charge in [0.05, 0.1) is 34.8 Å². The van der Waals surface area contributed by atoms with Crippen LogP contribution in [0.25, 0.3) is 0 Å². The second-order valence-electron chi connectivity index (χ2n) is 8.49. The molecule has 186 valence electrons. The molecule has 0 saturated carbocycles. The monoisotopic (exact) mass is 502 g/mol. The number of para-hydroxylation sites is 2. The van der Waals surface area contributed by atoms with Gasteiger partial charge in [0, 0.05) is 0 Å². The van der Waals surface area contributed by atoms with Crippen LogP contribution in [0.2, 0.25) is 0 Å². The molecule has 0 aliphatic rings. The van der Waals surface area contributed by atoms with Gasteiger partial charge in [0.2, 0.25) is 0 Å². The van der Waals surface area contributed by atoms with Crippen LogP contribution in [0.15, 0.2) is 94.7 Å². The first-order valence-corrected chi connectivity index (χ1v) is 12.9. The number of aryl methyl sites for hydroxylation is 4. The van der Waals surface area contributed by atoms with Gasteiger partial charge in [0.1, 0.15) is 23.0 Å². The Kier molecular flexibility index (Phi) is 8.28. The van der Waals surface area contributed by atoms with Crippen LogP contribution in [-0.2, 0) is 36.5 Å². The van der Waals surface area contributed by atoms with Crippen molar-refractivity contribution < 1.29 is 23.9 Å². The number of hydrogen-bond acceptors (Lipinski definition) is 5. The van der Waals surface area contributed by atoms with Gasteiger partial charge in [-0.15, -0.1) is 0 Å². The summed E-state index contributed by atoms with van der Waals surface area (Å²) in [5.74, 6) is 1.61. The molecule has 0 bridgehead atoms. The molecule has 0 aliphatic carbocycles. The van der Waals surface area contributed by atoms with Crippen molar-refractivity contribution in [2.75, 3.05) is 14.2 Å². The van der Waals surface area contributed by atoms with Crippen molar-refractivity contribution in [1.29, 1.82) is 0 Å². The van der Waals surface area contributed by atoms with Crippen LogP contribution in [0.4, 0.5) is 0 Å². The fourth-order valence-corrected chi connectivity index (χ4v) is 5.35. The minimum absolute atomic E-state index is 0.00683. The molecular weight excluding hydrogens is 472 g/mol. The van der Waals surface area contributed by atoms with E-state index in [0.717, 1.165) is 35.5 Å². The van der Waals surface area contributed by atoms with Crippen molar-refractivity contribution in [3.05, 3.63) is 107 Å². The maximum Gasteiger partial charge on any atom is 0.135 e. The van der Waals surface area contributed by atoms with E-state index in [1.807, 2.05) is 60.7 Å². The van der Waals surface area contributed by atoms with E-state index in [-0.39, 0.29) is 11.5 Å². The minimum Gasteiger partial charge on any atom is -0.506 e. The van der Waals surface area contributed by atoms with Crippen LogP contribution in [0.5, 0.6) is 23.0 Å². The van der Waals surface area contributed by atoms with Crippen LogP contribution >= 0.6 is 0 Å². The highest BCUT2D eigenvalue weighted by Gasteiger charge is 2.19. The molecular formula is C30H30O5S. The van der Waals surface area contributed by atoms with Crippen LogP contribution in [0.1, 0.15) is 22.3 Å². The number of ether oxygens (including phenoxy) is 2. The predicted molar refractivity (Wildman–Crippen MR) is 142 cm³/mol. The lowest BCUT2D eigenvalue weighted by molar-refractivity contribution is 0.414. The van der Waals surface area contributed by atoms with Crippen molar-refractivity contribution in [2.24, 2.45) is 0 Å². The zero-order valence-corrected chi connectivity index (χ0v) is 21.3. The van der Waals surface area contributed by atoms with Crippen LogP contribution in [-0.4, -0.2) is 28.6 Å². The zero-order valence-electron chi connectivity index (χ0n) is 20.4. The van der Waals surface area contributed by atoms with E-state index >= 15 is 0 Å². The van der Waals surface area contributed by atoms with Gasteiger partial charge in [-0.25, -0.2) is 4.21 Å². The van der Waals surface area contributed by atoms with E-state index in [1.54, 1.807) is 38.5 Å². The quantitative estimate of drug-likeness (QED) is 0.284. The van der Waals surface area contributed by atoms with Crippen molar-refractivity contribution in [1.82, 2.24) is 0 Å². The van der Waals surface area contributed by atoms with Crippen molar-refractivity contribution in [3.8, 4) is 23.0 Å². The first kappa shape index (κ1) is 25.3. The molecule has 0 aliphatic heterocycles. The van der Waals surface area contributed by atoms with Crippen molar-refractivity contribution in [2.45, 2.75) is 35.5 Å². The van der Waals surface area contributed by atoms with Gasteiger partial charge in [-0.1, -0.05) is 48.5 Å². The summed E-state index contributed by atoms with van der Waals surface area (Å²) in [5.41, 5.74) is 3.66. The highest BCUT2D eigenvalue weighted by molar-refractivity contribution is 7.85. The number of benzene rings is 4. The summed E-state index contributed by atoms with van der Waals surface area (Å²) >= 11 is 0. The molecule has 0 heterocycles. The number of phenols is 2. The summed E-state index contributed by atoms with van der Waals surface area (Å²) in [6, 6.07) is 26.2. The molecule has 0 saturated heterocycles. The highest BCUT2D eigenvalue weighted by atomic mass is 32.2. The molecule has 4 aromatic carbocycles. The van der Waals surface area contributed by atoms with Crippen LogP contribution in [0.3, 0.4) is 0 Å². The smallest absolute Gasteiger partial charge is 0.135 e. The van der Waals surface area contributed by atoms with Gasteiger partial charge in [-0.3, -0.25) is 0 Å². The average molecular weight is 503 g/mol. The maximum atomic E-state index is 13.4. The first-order chi connectivity index (χ1) is 17.5. The molecule has 4 aromatic rings. The summed E-state index contributed by atoms with van der Waals surface area (Å²) in [6.07, 6.45) is 2.63. The summed E-state index contributed by atoms with van der Waals surface area (Å²) in [4.78, 5) is 0.592. The van der Waals surface area contributed by atoms with Gasteiger partial charge < -0.3 is 19.7 Å². The number of rotatable bonds is 10. The normalized spacial score (nSPS) is 11.0. The maximum absolute atomic E-state index is 13.4. The third kappa shape index (κ3) is 5.89. The zero-order chi connectivity index (χ0) is 25.5. The molecule has 0 aromatic heterocycles. The molecule has 0 amide bonds. The Morgan fingerprint density at radius 2 is 0.972 bits per heavy atom. The van der Waals surface area contributed by atoms with Gasteiger partial charge >= 0.3 is 0 Å². The molecule has 0 fully saturated rings. The van der Waals surface area contributed by atoms with Gasteiger partial charge in [-0.05, 0) is 84.3 Å². The number of methoxy groups -OCH3 is 2. The lowest BCUT2D eigenvalue weighted by Crippen LogP contribution is -2.00. The number of hydrogen-bond donors (Lipinski definition) is 2. The second kappa shape index (κ2) is 11.8. The van der Waals surface area contributed by atoms with E-state index < -0.39 is 10.8 Å². The number of aromatic hydroxyl groups is 2. The summed E-state index contributed by atoms with van der Waals surface area (Å²) in [5, 5.41) is 21.9. The third-order valence-electron chi connectivity index (χ3n) is 6.25. The predicted octanol–water partition coefficient (Wildman–Crippen LogP) is 5.85. The Labute approximate surface area is 214 Å². The lowest BCUT2D eigenvalue weighted by Gasteiger charge is -2.13. The van der Waals surface area contributed by atoms with Gasteiger partial charge in [0.25, 0.3) is 0 Å². The van der Waals surface area contributed by atoms with E-state index in [4.69, 9.17) is 9.47 Å². The SMILES string of the molecule is COc1ccc(CCc2cccc(S(=O)c3cccc(CCc4ccc(OC)cc4)c3O)c2O)cc1. The van der Waals surface area contributed by atoms with Crippen LogP contribution in [0, 0.1) is 0 Å². The molecule has 0 atom stereocenters. The van der Waals surface area contributed by atoms with E-state index in [0.29, 0.717) is 33.8 Å². The molecule has 4 rings (SSSR count). The Hall–Kier alpha value is -3.77. The third-order valence-corrected chi connectivity index (χ3v) is 7.71. The Morgan fingerprint density at radius 3 is 1.33 bits per heavy atom. The Balaban J connectivity index is 1.49. The second-order valence-corrected chi connectivity index (χ2v) is 9.91. The summed E-state index contributed by atoms with van der Waals surface area (Å²) in [6.45, 7) is 0. The standard InChI is InChI=1S/C30H30O5S/c1-34-25-17-11-21(12-18-25)9-15-23-5-3-7-27(29(23)31)36(33)28-8-4-6-24(30(28)32)16-10-22-13-19-26(35-2)20-14-22/h3-8,11-14,17-20,31-32H,9-10,15-16H2,1-2H3. The summed E-state index contributed by atoms with van der Waals surface area (Å²) in [7, 11) is 1.54. The fourth-order valence-electron chi connectivity index (χ4n) is 4.10. The molecule has 2 N–H and O–H groups in total. The highest BCUT2D eigenvalue weighted by Crippen LogP contribution is 2.35. The van der Waals surface area contributed by atoms with E-state index in [9.17, 15) is 14.4 Å². The van der Waals surface area contributed by atoms with Crippen LogP contribution < -0.4 is 9.47 Å². The Bertz CT molecular complexity index is 1230. The van der Waals surface area contributed by atoms with E-state index in [1.165, 1.54) is 0 Å². The average Bonchev–Trinajstić information content (AvgIpc) is 2.92. The molecule has 5 nitrogen and oxygen atoms in total. The van der Waals surface area contributed by atoms with E-state index in [2.05, 4.69) is 0 Å². The van der Waals surface area contributed by atoms with Crippen molar-refractivity contribution >= 4 is 10.8 Å². The summed E-state index contributed by atoms with van der Waals surface area (Å²) < 4.78 is 23.8. The van der Waals surface area contributed by atoms with Crippen molar-refractivity contribution in [3.63, 3.8) is 0 Å². The lowest BCUT2D eigenvalue weighted by atomic mass is 10.0. The topological polar surface area (TPSA) is 76.0 Å².